The van der Waals surface area contributed by atoms with Crippen LogP contribution in [0.3, 0.4) is 0 Å². The largest absolute Gasteiger partial charge is 0.144 e. The predicted octanol–water partition coefficient (Wildman–Crippen LogP) is 3.95. The summed E-state index contributed by atoms with van der Waals surface area (Å²) in [6.45, 7) is 4.39. The zero-order chi connectivity index (χ0) is 8.10. The van der Waals surface area contributed by atoms with Crippen LogP contribution < -0.4 is 0 Å². The van der Waals surface area contributed by atoms with Gasteiger partial charge in [-0.05, 0) is 30.4 Å². The van der Waals surface area contributed by atoms with E-state index in [-0.39, 0.29) is 0 Å². The Hall–Kier alpha value is -0.560. The molecule has 0 amide bonds. The maximum atomic E-state index is 2.31. The van der Waals surface area contributed by atoms with Gasteiger partial charge in [0.15, 0.2) is 0 Å². The van der Waals surface area contributed by atoms with E-state index in [1.165, 1.54) is 23.3 Å². The van der Waals surface area contributed by atoms with Crippen LogP contribution in [0.5, 0.6) is 0 Å². The average Bonchev–Trinajstić information content (AvgIpc) is 2.52. The van der Waals surface area contributed by atoms with Crippen LogP contribution in [-0.4, -0.2) is 0 Å². The Balaban J connectivity index is 2.62. The van der Waals surface area contributed by atoms with Crippen molar-refractivity contribution >= 4 is 16.9 Å². The molecule has 0 bridgehead atoms. The standard InChI is InChI=1S/C10H14S/c1-3-4-6-9(2)10-7-5-8-11-10/h5-8H,3-4H2,1-2H3. The van der Waals surface area contributed by atoms with Crippen LogP contribution in [-0.2, 0) is 0 Å². The topological polar surface area (TPSA) is 0 Å². The van der Waals surface area contributed by atoms with Crippen LogP contribution in [0.4, 0.5) is 0 Å². The van der Waals surface area contributed by atoms with Crippen LogP contribution in [0.1, 0.15) is 31.6 Å². The first-order chi connectivity index (χ1) is 5.34. The van der Waals surface area contributed by atoms with Gasteiger partial charge >= 0.3 is 0 Å². The highest BCUT2D eigenvalue weighted by Crippen LogP contribution is 2.19. The molecule has 11 heavy (non-hydrogen) atoms. The summed E-state index contributed by atoms with van der Waals surface area (Å²) >= 11 is 1.81. The number of hydrogen-bond donors (Lipinski definition) is 0. The Bertz CT molecular complexity index is 219. The molecule has 0 N–H and O–H groups in total. The van der Waals surface area contributed by atoms with Crippen LogP contribution in [0.2, 0.25) is 0 Å². The molecule has 1 heteroatoms. The molecule has 0 unspecified atom stereocenters. The van der Waals surface area contributed by atoms with E-state index in [1.54, 1.807) is 0 Å². The molecule has 0 aliphatic carbocycles. The molecule has 0 aliphatic rings. The van der Waals surface area contributed by atoms with Crippen LogP contribution in [0.15, 0.2) is 23.6 Å². The number of hydrogen-bond acceptors (Lipinski definition) is 1. The summed E-state index contributed by atoms with van der Waals surface area (Å²) in [7, 11) is 0. The number of unbranched alkanes of at least 4 members (excludes halogenated alkanes) is 1. The van der Waals surface area contributed by atoms with Gasteiger partial charge in [0, 0.05) is 4.88 Å². The third-order valence-corrected chi connectivity index (χ3v) is 2.65. The molecule has 1 aromatic heterocycles. The smallest absolute Gasteiger partial charge is 0.0296 e. The van der Waals surface area contributed by atoms with Gasteiger partial charge in [-0.25, -0.2) is 0 Å². The van der Waals surface area contributed by atoms with Crippen LogP contribution in [0, 0.1) is 0 Å². The van der Waals surface area contributed by atoms with E-state index >= 15 is 0 Å². The minimum absolute atomic E-state index is 1.20. The lowest BCUT2D eigenvalue weighted by Crippen LogP contribution is -1.71. The second-order valence-electron chi connectivity index (χ2n) is 2.65. The molecule has 0 aromatic carbocycles. The Morgan fingerprint density at radius 1 is 1.64 bits per heavy atom. The van der Waals surface area contributed by atoms with Gasteiger partial charge in [-0.2, -0.15) is 0 Å². The van der Waals surface area contributed by atoms with E-state index in [1.807, 2.05) is 11.3 Å². The predicted molar refractivity (Wildman–Crippen MR) is 52.9 cm³/mol. The Labute approximate surface area is 72.6 Å². The zero-order valence-corrected chi connectivity index (χ0v) is 7.95. The SMILES string of the molecule is CCCC=C(C)c1cccs1. The summed E-state index contributed by atoms with van der Waals surface area (Å²) < 4.78 is 0. The third-order valence-electron chi connectivity index (χ3n) is 1.65. The van der Waals surface area contributed by atoms with Gasteiger partial charge in [0.2, 0.25) is 0 Å². The van der Waals surface area contributed by atoms with E-state index in [4.69, 9.17) is 0 Å². The first kappa shape index (κ1) is 8.54. The van der Waals surface area contributed by atoms with E-state index in [0.717, 1.165) is 0 Å². The average molecular weight is 166 g/mol. The molecule has 0 saturated heterocycles. The molecular weight excluding hydrogens is 152 g/mol. The van der Waals surface area contributed by atoms with E-state index in [9.17, 15) is 0 Å². The fourth-order valence-electron chi connectivity index (χ4n) is 0.964. The monoisotopic (exact) mass is 166 g/mol. The lowest BCUT2D eigenvalue weighted by atomic mass is 10.2. The van der Waals surface area contributed by atoms with Crippen LogP contribution in [0.25, 0.3) is 5.57 Å². The minimum Gasteiger partial charge on any atom is -0.144 e. The van der Waals surface area contributed by atoms with Gasteiger partial charge in [0.1, 0.15) is 0 Å². The van der Waals surface area contributed by atoms with Gasteiger partial charge in [0.05, 0.1) is 0 Å². The summed E-state index contributed by atoms with van der Waals surface area (Å²) in [4.78, 5) is 1.40. The molecule has 0 aliphatic heterocycles. The van der Waals surface area contributed by atoms with Crippen molar-refractivity contribution < 1.29 is 0 Å². The number of allylic oxidation sites excluding steroid dienone is 2. The second-order valence-corrected chi connectivity index (χ2v) is 3.60. The van der Waals surface area contributed by atoms with Crippen molar-refractivity contribution in [2.75, 3.05) is 0 Å². The quantitative estimate of drug-likeness (QED) is 0.637. The van der Waals surface area contributed by atoms with Crippen molar-refractivity contribution in [3.63, 3.8) is 0 Å². The molecule has 0 atom stereocenters. The molecule has 0 spiro atoms. The zero-order valence-electron chi connectivity index (χ0n) is 7.13. The maximum absolute atomic E-state index is 2.31. The highest BCUT2D eigenvalue weighted by atomic mass is 32.1. The molecule has 0 saturated carbocycles. The maximum Gasteiger partial charge on any atom is 0.0296 e. The van der Waals surface area contributed by atoms with Crippen molar-refractivity contribution in [3.8, 4) is 0 Å². The number of rotatable bonds is 3. The Kier molecular flexibility index (Phi) is 3.37. The van der Waals surface area contributed by atoms with E-state index in [0.29, 0.717) is 0 Å². The van der Waals surface area contributed by atoms with Crippen molar-refractivity contribution in [2.24, 2.45) is 0 Å². The van der Waals surface area contributed by atoms with Crippen molar-refractivity contribution in [1.29, 1.82) is 0 Å². The first-order valence-corrected chi connectivity index (χ1v) is 4.93. The highest BCUT2D eigenvalue weighted by Gasteiger charge is 1.93. The lowest BCUT2D eigenvalue weighted by molar-refractivity contribution is 0.959. The van der Waals surface area contributed by atoms with Gasteiger partial charge in [-0.1, -0.05) is 25.5 Å². The number of thiophene rings is 1. The Morgan fingerprint density at radius 2 is 2.45 bits per heavy atom. The summed E-state index contributed by atoms with van der Waals surface area (Å²) in [5.41, 5.74) is 1.42. The molecule has 1 rings (SSSR count). The van der Waals surface area contributed by atoms with Crippen molar-refractivity contribution in [1.82, 2.24) is 0 Å². The van der Waals surface area contributed by atoms with Gasteiger partial charge in [-0.3, -0.25) is 0 Å². The molecule has 60 valence electrons. The van der Waals surface area contributed by atoms with Crippen LogP contribution >= 0.6 is 11.3 Å². The third kappa shape index (κ3) is 2.51. The molecular formula is C10H14S. The second kappa shape index (κ2) is 4.35. The fourth-order valence-corrected chi connectivity index (χ4v) is 1.69. The summed E-state index contributed by atoms with van der Waals surface area (Å²) in [5.74, 6) is 0. The molecule has 0 radical (unpaired) electrons. The fraction of sp³-hybridized carbons (Fsp3) is 0.400. The summed E-state index contributed by atoms with van der Waals surface area (Å²) in [6.07, 6.45) is 4.75. The molecule has 1 heterocycles. The van der Waals surface area contributed by atoms with Crippen molar-refractivity contribution in [3.05, 3.63) is 28.5 Å². The van der Waals surface area contributed by atoms with Gasteiger partial charge < -0.3 is 0 Å². The summed E-state index contributed by atoms with van der Waals surface area (Å²) in [5, 5.41) is 2.12. The van der Waals surface area contributed by atoms with Gasteiger partial charge in [0.25, 0.3) is 0 Å². The summed E-state index contributed by atoms with van der Waals surface area (Å²) in [6, 6.07) is 4.27. The van der Waals surface area contributed by atoms with Crippen molar-refractivity contribution in [2.45, 2.75) is 26.7 Å². The minimum atomic E-state index is 1.20. The van der Waals surface area contributed by atoms with E-state index in [2.05, 4.69) is 37.4 Å². The molecule has 0 nitrogen and oxygen atoms in total. The Morgan fingerprint density at radius 3 is 3.00 bits per heavy atom. The van der Waals surface area contributed by atoms with E-state index < -0.39 is 0 Å². The molecule has 1 aromatic rings. The highest BCUT2D eigenvalue weighted by molar-refractivity contribution is 7.11. The first-order valence-electron chi connectivity index (χ1n) is 4.05. The lowest BCUT2D eigenvalue weighted by Gasteiger charge is -1.94. The normalized spacial score (nSPS) is 12.0. The van der Waals surface area contributed by atoms with Gasteiger partial charge in [-0.15, -0.1) is 11.3 Å². The molecule has 0 fully saturated rings.